The smallest absolute Gasteiger partial charge is 0.126 e. The normalized spacial score (nSPS) is 20.2. The zero-order chi connectivity index (χ0) is 22.3. The Kier molecular flexibility index (Phi) is 9.31. The van der Waals surface area contributed by atoms with Gasteiger partial charge in [0.1, 0.15) is 17.1 Å². The summed E-state index contributed by atoms with van der Waals surface area (Å²) in [7, 11) is 0. The molecule has 0 spiro atoms. The maximum atomic E-state index is 10.1. The van der Waals surface area contributed by atoms with Gasteiger partial charge < -0.3 is 9.84 Å². The lowest BCUT2D eigenvalue weighted by Gasteiger charge is -2.37. The summed E-state index contributed by atoms with van der Waals surface area (Å²) in [5.41, 5.74) is 4.59. The van der Waals surface area contributed by atoms with Crippen LogP contribution in [0, 0.1) is 25.7 Å². The van der Waals surface area contributed by atoms with Gasteiger partial charge in [0.2, 0.25) is 0 Å². The second-order valence-electron chi connectivity index (χ2n) is 10.6. The van der Waals surface area contributed by atoms with E-state index in [9.17, 15) is 5.11 Å². The van der Waals surface area contributed by atoms with E-state index < -0.39 is 0 Å². The zero-order valence-corrected chi connectivity index (χ0v) is 20.7. The number of aryl methyl sites for hydroxylation is 1. The average molecular weight is 415 g/mol. The number of rotatable bonds is 11. The fourth-order valence-corrected chi connectivity index (χ4v) is 4.73. The molecule has 1 N–H and O–H groups in total. The zero-order valence-electron chi connectivity index (χ0n) is 20.7. The van der Waals surface area contributed by atoms with Crippen molar-refractivity contribution in [2.24, 2.45) is 11.8 Å². The fourth-order valence-electron chi connectivity index (χ4n) is 4.73. The largest absolute Gasteiger partial charge is 0.508 e. The van der Waals surface area contributed by atoms with Gasteiger partial charge in [-0.3, -0.25) is 0 Å². The average Bonchev–Trinajstić information content (AvgIpc) is 2.67. The lowest BCUT2D eigenvalue weighted by atomic mass is 9.85. The molecule has 1 aromatic carbocycles. The third kappa shape index (κ3) is 7.36. The van der Waals surface area contributed by atoms with Crippen molar-refractivity contribution in [2.75, 3.05) is 0 Å². The van der Waals surface area contributed by atoms with Crippen molar-refractivity contribution in [3.8, 4) is 11.5 Å². The van der Waals surface area contributed by atoms with Crippen molar-refractivity contribution >= 4 is 0 Å². The third-order valence-electron chi connectivity index (χ3n) is 7.17. The summed E-state index contributed by atoms with van der Waals surface area (Å²) in [4.78, 5) is 0. The van der Waals surface area contributed by atoms with Gasteiger partial charge in [-0.15, -0.1) is 0 Å². The van der Waals surface area contributed by atoms with Gasteiger partial charge in [-0.1, -0.05) is 51.2 Å². The number of hydrogen-bond acceptors (Lipinski definition) is 2. The molecule has 0 radical (unpaired) electrons. The minimum absolute atomic E-state index is 0.0691. The maximum Gasteiger partial charge on any atom is 0.126 e. The van der Waals surface area contributed by atoms with Crippen LogP contribution in [-0.4, -0.2) is 10.7 Å². The number of phenolic OH excluding ortho intramolecular Hbond substituents is 1. The molecule has 2 rings (SSSR count). The Hall–Kier alpha value is -1.44. The molecular formula is C28H46O2. The molecule has 0 bridgehead atoms. The van der Waals surface area contributed by atoms with Gasteiger partial charge in [0.05, 0.1) is 0 Å². The van der Waals surface area contributed by atoms with Crippen LogP contribution in [0.4, 0.5) is 0 Å². The van der Waals surface area contributed by atoms with Crippen molar-refractivity contribution in [2.45, 2.75) is 118 Å². The summed E-state index contributed by atoms with van der Waals surface area (Å²) in [6.45, 7) is 15.5. The van der Waals surface area contributed by atoms with E-state index in [0.717, 1.165) is 48.0 Å². The van der Waals surface area contributed by atoms with Crippen molar-refractivity contribution < 1.29 is 9.84 Å². The first-order valence-electron chi connectivity index (χ1n) is 12.3. The molecule has 0 fully saturated rings. The quantitative estimate of drug-likeness (QED) is 0.368. The molecule has 0 aliphatic carbocycles. The molecule has 1 aliphatic rings. The summed E-state index contributed by atoms with van der Waals surface area (Å²) in [6.07, 6.45) is 14.7. The van der Waals surface area contributed by atoms with E-state index in [1.54, 1.807) is 0 Å². The summed E-state index contributed by atoms with van der Waals surface area (Å²) < 4.78 is 6.52. The molecule has 0 saturated heterocycles. The van der Waals surface area contributed by atoms with Gasteiger partial charge in [-0.2, -0.15) is 0 Å². The van der Waals surface area contributed by atoms with E-state index in [1.807, 2.05) is 13.0 Å². The first-order chi connectivity index (χ1) is 14.1. The number of benzene rings is 1. The van der Waals surface area contributed by atoms with Gasteiger partial charge in [0.15, 0.2) is 0 Å². The maximum absolute atomic E-state index is 10.1. The van der Waals surface area contributed by atoms with Crippen LogP contribution in [0.25, 0.3) is 0 Å². The Bertz CT molecular complexity index is 714. The van der Waals surface area contributed by atoms with Crippen LogP contribution >= 0.6 is 0 Å². The van der Waals surface area contributed by atoms with Crippen LogP contribution in [0.2, 0.25) is 0 Å². The molecule has 30 heavy (non-hydrogen) atoms. The van der Waals surface area contributed by atoms with E-state index in [0.29, 0.717) is 5.75 Å². The summed E-state index contributed by atoms with van der Waals surface area (Å²) >= 11 is 0. The van der Waals surface area contributed by atoms with E-state index >= 15 is 0 Å². The summed E-state index contributed by atoms with van der Waals surface area (Å²) in [5, 5.41) is 10.1. The number of ether oxygens (including phenoxy) is 1. The van der Waals surface area contributed by atoms with E-state index in [2.05, 4.69) is 47.6 Å². The summed E-state index contributed by atoms with van der Waals surface area (Å²) in [5.74, 6) is 3.07. The predicted molar refractivity (Wildman–Crippen MR) is 130 cm³/mol. The minimum Gasteiger partial charge on any atom is -0.508 e. The van der Waals surface area contributed by atoms with Crippen molar-refractivity contribution in [1.82, 2.24) is 0 Å². The van der Waals surface area contributed by atoms with E-state index in [4.69, 9.17) is 4.74 Å². The monoisotopic (exact) mass is 414 g/mol. The Morgan fingerprint density at radius 1 is 1.07 bits per heavy atom. The molecule has 1 heterocycles. The van der Waals surface area contributed by atoms with Crippen LogP contribution < -0.4 is 4.74 Å². The Morgan fingerprint density at radius 2 is 1.70 bits per heavy atom. The lowest BCUT2D eigenvalue weighted by molar-refractivity contribution is 0.0514. The van der Waals surface area contributed by atoms with Gasteiger partial charge >= 0.3 is 0 Å². The number of allylic oxidation sites excluding steroid dienone is 2. The molecular weight excluding hydrogens is 368 g/mol. The standard InChI is InChI=1S/C28H46O2/c1-20(2)11-8-12-21(3)13-9-14-22(4)15-10-17-28(7)18-16-25-19-26(29)23(5)24(6)27(25)30-28/h11,19,21-22,29H,8-10,12-18H2,1-7H3. The highest BCUT2D eigenvalue weighted by Gasteiger charge is 2.32. The molecule has 3 atom stereocenters. The van der Waals surface area contributed by atoms with Crippen LogP contribution in [0.3, 0.4) is 0 Å². The fraction of sp³-hybridized carbons (Fsp3) is 0.714. The predicted octanol–water partition coefficient (Wildman–Crippen LogP) is 8.45. The second-order valence-corrected chi connectivity index (χ2v) is 10.6. The molecule has 1 aromatic rings. The van der Waals surface area contributed by atoms with Gasteiger partial charge in [0, 0.05) is 0 Å². The highest BCUT2D eigenvalue weighted by Crippen LogP contribution is 2.42. The molecule has 2 nitrogen and oxygen atoms in total. The van der Waals surface area contributed by atoms with Crippen LogP contribution in [0.15, 0.2) is 17.7 Å². The Balaban J connectivity index is 1.71. The van der Waals surface area contributed by atoms with Gasteiger partial charge in [-0.25, -0.2) is 0 Å². The van der Waals surface area contributed by atoms with E-state index in [1.165, 1.54) is 56.1 Å². The Labute approximate surface area is 186 Å². The SMILES string of the molecule is CC(C)=CCCC(C)CCCC(C)CCCC1(C)CCc2cc(O)c(C)c(C)c2O1. The third-order valence-corrected chi connectivity index (χ3v) is 7.17. The van der Waals surface area contributed by atoms with Crippen molar-refractivity contribution in [3.05, 3.63) is 34.4 Å². The van der Waals surface area contributed by atoms with Crippen LogP contribution in [0.1, 0.15) is 109 Å². The van der Waals surface area contributed by atoms with Crippen LogP contribution in [-0.2, 0) is 6.42 Å². The Morgan fingerprint density at radius 3 is 2.37 bits per heavy atom. The molecule has 170 valence electrons. The first-order valence-corrected chi connectivity index (χ1v) is 12.3. The molecule has 1 aliphatic heterocycles. The molecule has 3 unspecified atom stereocenters. The molecule has 0 aromatic heterocycles. The minimum atomic E-state index is -0.0691. The molecule has 0 saturated carbocycles. The van der Waals surface area contributed by atoms with Crippen LogP contribution in [0.5, 0.6) is 11.5 Å². The number of aromatic hydroxyl groups is 1. The second kappa shape index (κ2) is 11.3. The highest BCUT2D eigenvalue weighted by molar-refractivity contribution is 5.53. The topological polar surface area (TPSA) is 29.5 Å². The summed E-state index contributed by atoms with van der Waals surface area (Å²) in [6, 6.07) is 1.90. The van der Waals surface area contributed by atoms with Crippen molar-refractivity contribution in [1.29, 1.82) is 0 Å². The highest BCUT2D eigenvalue weighted by atomic mass is 16.5. The molecule has 2 heteroatoms. The lowest BCUT2D eigenvalue weighted by Crippen LogP contribution is -2.36. The molecule has 0 amide bonds. The van der Waals surface area contributed by atoms with Gasteiger partial charge in [0.25, 0.3) is 0 Å². The number of phenols is 1. The van der Waals surface area contributed by atoms with Crippen molar-refractivity contribution in [3.63, 3.8) is 0 Å². The van der Waals surface area contributed by atoms with E-state index in [-0.39, 0.29) is 5.60 Å². The number of hydrogen-bond donors (Lipinski definition) is 1. The number of fused-ring (bicyclic) bond motifs is 1. The van der Waals surface area contributed by atoms with Gasteiger partial charge in [-0.05, 0) is 108 Å². The first kappa shape index (κ1) is 24.8.